The van der Waals surface area contributed by atoms with Crippen LogP contribution in [0.1, 0.15) is 37.5 Å². The summed E-state index contributed by atoms with van der Waals surface area (Å²) >= 11 is 0. The number of anilines is 1. The Morgan fingerprint density at radius 1 is 1.08 bits per heavy atom. The maximum atomic E-state index is 12.6. The van der Waals surface area contributed by atoms with Crippen molar-refractivity contribution in [1.82, 2.24) is 0 Å². The van der Waals surface area contributed by atoms with Crippen molar-refractivity contribution in [2.24, 2.45) is 0 Å². The van der Waals surface area contributed by atoms with E-state index in [0.717, 1.165) is 17.7 Å². The van der Waals surface area contributed by atoms with E-state index in [1.165, 1.54) is 6.07 Å². The van der Waals surface area contributed by atoms with Crippen LogP contribution in [-0.2, 0) is 17.6 Å². The largest absolute Gasteiger partial charge is 0.416 e. The molecule has 7 heteroatoms. The molecule has 0 unspecified atom stereocenters. The predicted molar refractivity (Wildman–Crippen MR) is 93.4 cm³/mol. The van der Waals surface area contributed by atoms with E-state index in [0.29, 0.717) is 17.8 Å². The van der Waals surface area contributed by atoms with Gasteiger partial charge in [-0.3, -0.25) is 5.26 Å². The maximum Gasteiger partial charge on any atom is 0.416 e. The molecular formula is C19H21F3N2O2. The van der Waals surface area contributed by atoms with E-state index < -0.39 is 17.3 Å². The maximum absolute atomic E-state index is 12.6. The van der Waals surface area contributed by atoms with Gasteiger partial charge < -0.3 is 5.32 Å². The number of nitrogens with one attached hydrogen (secondary N) is 1. The van der Waals surface area contributed by atoms with Crippen molar-refractivity contribution in [2.45, 2.75) is 39.1 Å². The summed E-state index contributed by atoms with van der Waals surface area (Å²) in [5.74, 6) is 0. The van der Waals surface area contributed by atoms with Crippen LogP contribution in [0.3, 0.4) is 0 Å². The molecule has 0 saturated heterocycles. The summed E-state index contributed by atoms with van der Waals surface area (Å²) in [4.78, 5) is 3.94. The summed E-state index contributed by atoms with van der Waals surface area (Å²) in [5.41, 5.74) is 0.765. The van der Waals surface area contributed by atoms with Crippen LogP contribution in [-0.4, -0.2) is 10.9 Å². The van der Waals surface area contributed by atoms with Crippen LogP contribution in [0, 0.1) is 11.3 Å². The highest BCUT2D eigenvalue weighted by molar-refractivity contribution is 5.47. The van der Waals surface area contributed by atoms with Gasteiger partial charge in [0.15, 0.2) is 0 Å². The van der Waals surface area contributed by atoms with E-state index in [1.807, 2.05) is 6.07 Å². The molecule has 2 N–H and O–H groups in total. The third kappa shape index (κ3) is 8.01. The van der Waals surface area contributed by atoms with Gasteiger partial charge in [0.05, 0.1) is 22.8 Å². The molecule has 2 aromatic rings. The molecule has 0 atom stereocenters. The standard InChI is InChI=1S/C15H11F3N2.C4H10O2/c16-15(17,18)13-2-1-3-14(8-13)20-10-12-6-4-11(9-19)5-7-12;1-4(2,3)6-5/h1-8,20H,10H2;5H,1-3H3. The Balaban J connectivity index is 0.000000487. The first-order valence-corrected chi connectivity index (χ1v) is 7.78. The van der Waals surface area contributed by atoms with Crippen LogP contribution in [0.2, 0.25) is 0 Å². The summed E-state index contributed by atoms with van der Waals surface area (Å²) in [6.45, 7) is 5.71. The number of nitrogens with zero attached hydrogens (tertiary/aromatic N) is 1. The second-order valence-electron chi connectivity index (χ2n) is 6.44. The van der Waals surface area contributed by atoms with Crippen molar-refractivity contribution in [3.8, 4) is 6.07 Å². The molecule has 0 spiro atoms. The lowest BCUT2D eigenvalue weighted by Crippen LogP contribution is -2.15. The average molecular weight is 366 g/mol. The minimum Gasteiger partial charge on any atom is -0.381 e. The fraction of sp³-hybridized carbons (Fsp3) is 0.316. The topological polar surface area (TPSA) is 65.3 Å². The lowest BCUT2D eigenvalue weighted by atomic mass is 10.1. The van der Waals surface area contributed by atoms with Gasteiger partial charge in [0.25, 0.3) is 0 Å². The number of hydrogen-bond donors (Lipinski definition) is 2. The molecule has 2 rings (SSSR count). The van der Waals surface area contributed by atoms with Crippen molar-refractivity contribution < 1.29 is 23.3 Å². The lowest BCUT2D eigenvalue weighted by Gasteiger charge is -2.10. The smallest absolute Gasteiger partial charge is 0.381 e. The zero-order chi connectivity index (χ0) is 19.8. The molecule has 4 nitrogen and oxygen atoms in total. The van der Waals surface area contributed by atoms with E-state index in [4.69, 9.17) is 10.5 Å². The van der Waals surface area contributed by atoms with Crippen molar-refractivity contribution in [1.29, 1.82) is 5.26 Å². The number of benzene rings is 2. The molecular weight excluding hydrogens is 345 g/mol. The van der Waals surface area contributed by atoms with Gasteiger partial charge in [-0.05, 0) is 56.7 Å². The summed E-state index contributed by atoms with van der Waals surface area (Å²) in [7, 11) is 0. The van der Waals surface area contributed by atoms with Crippen molar-refractivity contribution >= 4 is 5.69 Å². The Hall–Kier alpha value is -2.56. The molecule has 2 aromatic carbocycles. The molecule has 0 heterocycles. The molecule has 0 amide bonds. The summed E-state index contributed by atoms with van der Waals surface area (Å²) in [5, 5.41) is 19.5. The van der Waals surface area contributed by atoms with Crippen LogP contribution in [0.15, 0.2) is 48.5 Å². The van der Waals surface area contributed by atoms with Crippen LogP contribution in [0.25, 0.3) is 0 Å². The summed E-state index contributed by atoms with van der Waals surface area (Å²) < 4.78 is 37.7. The monoisotopic (exact) mass is 366 g/mol. The van der Waals surface area contributed by atoms with E-state index in [1.54, 1.807) is 51.1 Å². The first kappa shape index (κ1) is 21.5. The highest BCUT2D eigenvalue weighted by Crippen LogP contribution is 2.30. The highest BCUT2D eigenvalue weighted by atomic mass is 19.4. The van der Waals surface area contributed by atoms with Gasteiger partial charge in [-0.15, -0.1) is 0 Å². The Kier molecular flexibility index (Phi) is 7.62. The summed E-state index contributed by atoms with van der Waals surface area (Å²) in [6, 6.07) is 13.9. The lowest BCUT2D eigenvalue weighted by molar-refractivity contribution is -0.306. The molecule has 26 heavy (non-hydrogen) atoms. The molecule has 0 aliphatic heterocycles. The minimum atomic E-state index is -4.34. The second-order valence-corrected chi connectivity index (χ2v) is 6.44. The average Bonchev–Trinajstić information content (AvgIpc) is 2.60. The highest BCUT2D eigenvalue weighted by Gasteiger charge is 2.30. The van der Waals surface area contributed by atoms with Crippen molar-refractivity contribution in [3.63, 3.8) is 0 Å². The third-order valence-electron chi connectivity index (χ3n) is 3.04. The van der Waals surface area contributed by atoms with Crippen LogP contribution in [0.4, 0.5) is 18.9 Å². The van der Waals surface area contributed by atoms with E-state index in [9.17, 15) is 13.2 Å². The van der Waals surface area contributed by atoms with Gasteiger partial charge in [0.1, 0.15) is 0 Å². The van der Waals surface area contributed by atoms with Gasteiger partial charge in [0.2, 0.25) is 0 Å². The first-order chi connectivity index (χ1) is 12.0. The van der Waals surface area contributed by atoms with Crippen molar-refractivity contribution in [3.05, 3.63) is 65.2 Å². The van der Waals surface area contributed by atoms with Crippen LogP contribution < -0.4 is 5.32 Å². The van der Waals surface area contributed by atoms with Gasteiger partial charge in [0, 0.05) is 12.2 Å². The predicted octanol–water partition coefficient (Wildman–Crippen LogP) is 5.46. The van der Waals surface area contributed by atoms with E-state index >= 15 is 0 Å². The second kappa shape index (κ2) is 9.22. The van der Waals surface area contributed by atoms with Gasteiger partial charge >= 0.3 is 6.18 Å². The van der Waals surface area contributed by atoms with Gasteiger partial charge in [-0.2, -0.15) is 18.4 Å². The van der Waals surface area contributed by atoms with Gasteiger partial charge in [-0.1, -0.05) is 18.2 Å². The molecule has 0 aliphatic carbocycles. The van der Waals surface area contributed by atoms with Crippen LogP contribution >= 0.6 is 0 Å². The third-order valence-corrected chi connectivity index (χ3v) is 3.04. The summed E-state index contributed by atoms with van der Waals surface area (Å²) in [6.07, 6.45) is -4.34. The SMILES string of the molecule is CC(C)(C)OO.N#Cc1ccc(CNc2cccc(C(F)(F)F)c2)cc1. The number of halogens is 3. The number of alkyl halides is 3. The van der Waals surface area contributed by atoms with Crippen LogP contribution in [0.5, 0.6) is 0 Å². The zero-order valence-corrected chi connectivity index (χ0v) is 14.8. The Morgan fingerprint density at radius 3 is 2.12 bits per heavy atom. The number of hydrogen-bond acceptors (Lipinski definition) is 4. The first-order valence-electron chi connectivity index (χ1n) is 7.78. The van der Waals surface area contributed by atoms with E-state index in [-0.39, 0.29) is 0 Å². The van der Waals surface area contributed by atoms with E-state index in [2.05, 4.69) is 10.2 Å². The number of nitriles is 1. The normalized spacial score (nSPS) is 11.2. The minimum absolute atomic E-state index is 0.396. The number of rotatable bonds is 3. The zero-order valence-electron chi connectivity index (χ0n) is 14.8. The molecule has 0 aliphatic rings. The Labute approximate surface area is 150 Å². The Morgan fingerprint density at radius 2 is 1.65 bits per heavy atom. The molecule has 0 saturated carbocycles. The fourth-order valence-corrected chi connectivity index (χ4v) is 1.71. The molecule has 0 radical (unpaired) electrons. The molecule has 0 aromatic heterocycles. The molecule has 140 valence electrons. The fourth-order valence-electron chi connectivity index (χ4n) is 1.71. The quantitative estimate of drug-likeness (QED) is 0.559. The molecule has 0 bridgehead atoms. The van der Waals surface area contributed by atoms with Gasteiger partial charge in [-0.25, -0.2) is 4.89 Å². The molecule has 0 fully saturated rings. The van der Waals surface area contributed by atoms with Crippen molar-refractivity contribution in [2.75, 3.05) is 5.32 Å². The Bertz CT molecular complexity index is 730.